The minimum atomic E-state index is -0.940. The molecule has 7 nitrogen and oxygen atoms in total. The van der Waals surface area contributed by atoms with Crippen molar-refractivity contribution in [3.63, 3.8) is 0 Å². The zero-order valence-electron chi connectivity index (χ0n) is 10.6. The number of esters is 2. The summed E-state index contributed by atoms with van der Waals surface area (Å²) in [5.41, 5.74) is 0. The molecule has 0 spiro atoms. The van der Waals surface area contributed by atoms with Crippen LogP contribution < -0.4 is 0 Å². The predicted octanol–water partition coefficient (Wildman–Crippen LogP) is 0.530. The Morgan fingerprint density at radius 1 is 1.00 bits per heavy atom. The first-order chi connectivity index (χ1) is 9.06. The van der Waals surface area contributed by atoms with Gasteiger partial charge in [-0.05, 0) is 6.42 Å². The van der Waals surface area contributed by atoms with E-state index in [9.17, 15) is 14.4 Å². The van der Waals surface area contributed by atoms with E-state index in [2.05, 4.69) is 11.3 Å². The lowest BCUT2D eigenvalue weighted by Crippen LogP contribution is -2.14. The summed E-state index contributed by atoms with van der Waals surface area (Å²) in [5, 5.41) is 8.37. The van der Waals surface area contributed by atoms with Crippen molar-refractivity contribution in [2.75, 3.05) is 26.4 Å². The molecule has 19 heavy (non-hydrogen) atoms. The number of carboxylic acid groups (broad SMARTS) is 1. The lowest BCUT2D eigenvalue weighted by molar-refractivity contribution is -0.145. The Balaban J connectivity index is 3.29. The number of ether oxygens (including phenoxy) is 3. The molecule has 0 aromatic carbocycles. The number of carbonyl (C=O) groups excluding carboxylic acids is 2. The molecule has 0 amide bonds. The van der Waals surface area contributed by atoms with Gasteiger partial charge < -0.3 is 19.3 Å². The molecule has 0 fully saturated rings. The Bertz CT molecular complexity index is 311. The molecule has 7 heteroatoms. The van der Waals surface area contributed by atoms with Crippen LogP contribution in [0, 0.1) is 0 Å². The van der Waals surface area contributed by atoms with Gasteiger partial charge in [0.1, 0.15) is 13.2 Å². The van der Waals surface area contributed by atoms with Crippen LogP contribution in [-0.2, 0) is 28.6 Å². The molecule has 0 aliphatic carbocycles. The van der Waals surface area contributed by atoms with Crippen LogP contribution in [0.2, 0.25) is 0 Å². The van der Waals surface area contributed by atoms with Crippen LogP contribution in [0.5, 0.6) is 0 Å². The molecule has 0 rings (SSSR count). The molecule has 1 N–H and O–H groups in total. The summed E-state index contributed by atoms with van der Waals surface area (Å²) in [7, 11) is 0. The molecule has 0 atom stereocenters. The fraction of sp³-hybridized carbons (Fsp3) is 0.583. The normalized spacial score (nSPS) is 9.68. The largest absolute Gasteiger partial charge is 0.481 e. The molecule has 0 radical (unpaired) electrons. The second kappa shape index (κ2) is 11.2. The summed E-state index contributed by atoms with van der Waals surface area (Å²) in [5.74, 6) is -1.92. The first-order valence-electron chi connectivity index (χ1n) is 5.80. The van der Waals surface area contributed by atoms with E-state index >= 15 is 0 Å². The number of carbonyl (C=O) groups is 3. The van der Waals surface area contributed by atoms with E-state index in [0.29, 0.717) is 0 Å². The van der Waals surface area contributed by atoms with Gasteiger partial charge in [-0.15, -0.1) is 0 Å². The van der Waals surface area contributed by atoms with E-state index in [1.165, 1.54) is 0 Å². The third-order valence-corrected chi connectivity index (χ3v) is 1.90. The number of hydrogen-bond donors (Lipinski definition) is 1. The van der Waals surface area contributed by atoms with Gasteiger partial charge in [-0.25, -0.2) is 4.79 Å². The topological polar surface area (TPSA) is 99.1 Å². The Morgan fingerprint density at radius 3 is 2.21 bits per heavy atom. The Kier molecular flexibility index (Phi) is 10.1. The minimum absolute atomic E-state index is 0.0553. The predicted molar refractivity (Wildman–Crippen MR) is 64.4 cm³/mol. The Morgan fingerprint density at radius 2 is 1.63 bits per heavy atom. The van der Waals surface area contributed by atoms with Crippen LogP contribution in [-0.4, -0.2) is 49.4 Å². The third kappa shape index (κ3) is 12.4. The summed E-state index contributed by atoms with van der Waals surface area (Å²) in [6, 6.07) is 0. The van der Waals surface area contributed by atoms with Crippen LogP contribution in [0.25, 0.3) is 0 Å². The van der Waals surface area contributed by atoms with Crippen molar-refractivity contribution in [1.82, 2.24) is 0 Å². The van der Waals surface area contributed by atoms with Gasteiger partial charge in [0.25, 0.3) is 0 Å². The van der Waals surface area contributed by atoms with Gasteiger partial charge >= 0.3 is 17.9 Å². The highest BCUT2D eigenvalue weighted by Crippen LogP contribution is 1.97. The zero-order valence-corrected chi connectivity index (χ0v) is 10.6. The van der Waals surface area contributed by atoms with Crippen LogP contribution in [0.3, 0.4) is 0 Å². The molecule has 0 aliphatic rings. The molecule has 108 valence electrons. The van der Waals surface area contributed by atoms with Crippen molar-refractivity contribution < 1.29 is 33.7 Å². The van der Waals surface area contributed by atoms with Crippen molar-refractivity contribution in [3.8, 4) is 0 Å². The standard InChI is InChI=1S/C12H18O7/c1-2-11(15)18-8-6-17-7-9-19-12(16)5-3-4-10(13)14/h2H,1,3-9H2,(H,13,14). The summed E-state index contributed by atoms with van der Waals surface area (Å²) in [6.07, 6.45) is 1.33. The van der Waals surface area contributed by atoms with E-state index < -0.39 is 17.9 Å². The van der Waals surface area contributed by atoms with Gasteiger partial charge in [-0.1, -0.05) is 6.58 Å². The maximum atomic E-state index is 11.1. The fourth-order valence-corrected chi connectivity index (χ4v) is 1.03. The first kappa shape index (κ1) is 17.1. The summed E-state index contributed by atoms with van der Waals surface area (Å²) < 4.78 is 14.5. The number of hydrogen-bond acceptors (Lipinski definition) is 6. The fourth-order valence-electron chi connectivity index (χ4n) is 1.03. The van der Waals surface area contributed by atoms with Gasteiger partial charge in [0.15, 0.2) is 0 Å². The van der Waals surface area contributed by atoms with E-state index in [4.69, 9.17) is 14.6 Å². The maximum Gasteiger partial charge on any atom is 0.330 e. The molecule has 0 unspecified atom stereocenters. The van der Waals surface area contributed by atoms with Crippen molar-refractivity contribution >= 4 is 17.9 Å². The van der Waals surface area contributed by atoms with E-state index in [0.717, 1.165) is 6.08 Å². The molecule has 0 bridgehead atoms. The molecule has 0 saturated carbocycles. The molecule has 0 aromatic rings. The highest BCUT2D eigenvalue weighted by molar-refractivity contribution is 5.81. The number of rotatable bonds is 11. The Labute approximate surface area is 111 Å². The Hall–Kier alpha value is -1.89. The minimum Gasteiger partial charge on any atom is -0.481 e. The average Bonchev–Trinajstić information content (AvgIpc) is 2.36. The third-order valence-electron chi connectivity index (χ3n) is 1.90. The second-order valence-corrected chi connectivity index (χ2v) is 3.45. The molecule has 0 heterocycles. The van der Waals surface area contributed by atoms with Crippen molar-refractivity contribution in [3.05, 3.63) is 12.7 Å². The van der Waals surface area contributed by atoms with Gasteiger partial charge in [0, 0.05) is 18.9 Å². The summed E-state index contributed by atoms with van der Waals surface area (Å²) >= 11 is 0. The van der Waals surface area contributed by atoms with E-state index in [1.807, 2.05) is 0 Å². The molecule has 0 saturated heterocycles. The van der Waals surface area contributed by atoms with Gasteiger partial charge in [0.05, 0.1) is 13.2 Å². The molecular weight excluding hydrogens is 256 g/mol. The van der Waals surface area contributed by atoms with Crippen LogP contribution in [0.1, 0.15) is 19.3 Å². The number of carboxylic acids is 1. The highest BCUT2D eigenvalue weighted by atomic mass is 16.6. The van der Waals surface area contributed by atoms with Crippen LogP contribution >= 0.6 is 0 Å². The van der Waals surface area contributed by atoms with Crippen molar-refractivity contribution in [1.29, 1.82) is 0 Å². The first-order valence-corrected chi connectivity index (χ1v) is 5.80. The second-order valence-electron chi connectivity index (χ2n) is 3.45. The average molecular weight is 274 g/mol. The number of aliphatic carboxylic acids is 1. The zero-order chi connectivity index (χ0) is 14.5. The summed E-state index contributed by atoms with van der Waals surface area (Å²) in [6.45, 7) is 3.82. The SMILES string of the molecule is C=CC(=O)OCCOCCOC(=O)CCCC(=O)O. The monoisotopic (exact) mass is 274 g/mol. The van der Waals surface area contributed by atoms with Crippen molar-refractivity contribution in [2.45, 2.75) is 19.3 Å². The molecule has 0 aliphatic heterocycles. The lowest BCUT2D eigenvalue weighted by Gasteiger charge is -2.06. The van der Waals surface area contributed by atoms with E-state index in [1.54, 1.807) is 0 Å². The van der Waals surface area contributed by atoms with Crippen LogP contribution in [0.15, 0.2) is 12.7 Å². The quantitative estimate of drug-likeness (QED) is 0.333. The smallest absolute Gasteiger partial charge is 0.330 e. The van der Waals surface area contributed by atoms with E-state index in [-0.39, 0.29) is 45.7 Å². The van der Waals surface area contributed by atoms with Gasteiger partial charge in [0.2, 0.25) is 0 Å². The lowest BCUT2D eigenvalue weighted by atomic mass is 10.2. The molecular formula is C12H18O7. The van der Waals surface area contributed by atoms with Crippen LogP contribution in [0.4, 0.5) is 0 Å². The van der Waals surface area contributed by atoms with Gasteiger partial charge in [-0.3, -0.25) is 9.59 Å². The highest BCUT2D eigenvalue weighted by Gasteiger charge is 2.04. The maximum absolute atomic E-state index is 11.1. The molecule has 0 aromatic heterocycles. The van der Waals surface area contributed by atoms with Crippen molar-refractivity contribution in [2.24, 2.45) is 0 Å². The summed E-state index contributed by atoms with van der Waals surface area (Å²) in [4.78, 5) is 31.9. The van der Waals surface area contributed by atoms with Gasteiger partial charge in [-0.2, -0.15) is 0 Å².